The second kappa shape index (κ2) is 6.32. The number of nitrogens with zero attached hydrogens (tertiary/aromatic N) is 2. The molecule has 0 atom stereocenters. The van der Waals surface area contributed by atoms with E-state index in [1.165, 1.54) is 16.8 Å². The van der Waals surface area contributed by atoms with Gasteiger partial charge in [-0.1, -0.05) is 6.92 Å². The van der Waals surface area contributed by atoms with Gasteiger partial charge < -0.3 is 10.1 Å². The van der Waals surface area contributed by atoms with Crippen molar-refractivity contribution in [1.82, 2.24) is 14.5 Å². The third kappa shape index (κ3) is 2.96. The normalized spacial score (nSPS) is 11.8. The van der Waals surface area contributed by atoms with Crippen LogP contribution in [0.1, 0.15) is 35.1 Å². The fraction of sp³-hybridized carbons (Fsp3) is 0.235. The molecule has 2 N–H and O–H groups in total. The molecule has 0 aliphatic carbocycles. The van der Waals surface area contributed by atoms with Crippen LogP contribution in [0.5, 0.6) is 0 Å². The summed E-state index contributed by atoms with van der Waals surface area (Å²) in [6.07, 6.45) is -2.48. The molecule has 6 nitrogen and oxygen atoms in total. The Hall–Kier alpha value is -3.10. The van der Waals surface area contributed by atoms with Crippen LogP contribution in [0.4, 0.5) is 13.2 Å². The van der Waals surface area contributed by atoms with E-state index < -0.39 is 28.8 Å². The number of nitrogens with one attached hydrogen (secondary N) is 1. The van der Waals surface area contributed by atoms with E-state index in [9.17, 15) is 22.8 Å². The van der Waals surface area contributed by atoms with E-state index in [1.807, 2.05) is 6.92 Å². The molecule has 0 saturated heterocycles. The number of rotatable bonds is 4. The molecule has 26 heavy (non-hydrogen) atoms. The van der Waals surface area contributed by atoms with E-state index in [2.05, 4.69) is 9.97 Å². The summed E-state index contributed by atoms with van der Waals surface area (Å²) in [5, 5.41) is 9.01. The Labute approximate surface area is 144 Å². The number of hydrogen-bond donors (Lipinski definition) is 2. The van der Waals surface area contributed by atoms with Gasteiger partial charge in [-0.2, -0.15) is 13.2 Å². The zero-order chi connectivity index (χ0) is 19.1. The number of H-pyrrole nitrogens is 1. The van der Waals surface area contributed by atoms with Crippen LogP contribution in [0.25, 0.3) is 16.7 Å². The number of fused-ring (bicyclic) bond motifs is 1. The molecule has 0 unspecified atom stereocenters. The van der Waals surface area contributed by atoms with Crippen molar-refractivity contribution in [3.05, 3.63) is 57.8 Å². The highest BCUT2D eigenvalue weighted by Gasteiger charge is 2.35. The van der Waals surface area contributed by atoms with Crippen molar-refractivity contribution in [1.29, 1.82) is 0 Å². The lowest BCUT2D eigenvalue weighted by molar-refractivity contribution is -0.137. The SMILES string of the molecule is CCCc1nc2c(=O)[nH]ccc2n1-c1ccc(C(=O)O)cc1C(F)(F)F. The van der Waals surface area contributed by atoms with Crippen molar-refractivity contribution in [2.75, 3.05) is 0 Å². The number of carbonyl (C=O) groups is 1. The number of aromatic carboxylic acids is 1. The third-order valence-corrected chi connectivity index (χ3v) is 3.92. The summed E-state index contributed by atoms with van der Waals surface area (Å²) >= 11 is 0. The third-order valence-electron chi connectivity index (χ3n) is 3.92. The maximum Gasteiger partial charge on any atom is 0.418 e. The molecule has 2 heterocycles. The molecule has 2 aromatic heterocycles. The Kier molecular flexibility index (Phi) is 4.31. The van der Waals surface area contributed by atoms with Crippen LogP contribution in [-0.2, 0) is 12.6 Å². The minimum absolute atomic E-state index is 0.0337. The van der Waals surface area contributed by atoms with Crippen LogP contribution in [0, 0.1) is 0 Å². The predicted molar refractivity (Wildman–Crippen MR) is 87.6 cm³/mol. The Bertz CT molecular complexity index is 1050. The maximum absolute atomic E-state index is 13.6. The van der Waals surface area contributed by atoms with Crippen molar-refractivity contribution in [3.63, 3.8) is 0 Å². The van der Waals surface area contributed by atoms with Crippen LogP contribution in [0.2, 0.25) is 0 Å². The molecule has 0 aliphatic heterocycles. The molecule has 0 bridgehead atoms. The lowest BCUT2D eigenvalue weighted by Crippen LogP contribution is -2.14. The minimum atomic E-state index is -4.78. The highest BCUT2D eigenvalue weighted by atomic mass is 19.4. The first-order valence-electron chi connectivity index (χ1n) is 7.78. The number of carboxylic acids is 1. The van der Waals surface area contributed by atoms with Gasteiger partial charge in [0.25, 0.3) is 5.56 Å². The number of benzene rings is 1. The molecule has 136 valence electrons. The summed E-state index contributed by atoms with van der Waals surface area (Å²) in [7, 11) is 0. The van der Waals surface area contributed by atoms with Gasteiger partial charge in [-0.15, -0.1) is 0 Å². The lowest BCUT2D eigenvalue weighted by atomic mass is 10.1. The summed E-state index contributed by atoms with van der Waals surface area (Å²) in [4.78, 5) is 29.7. The first-order valence-corrected chi connectivity index (χ1v) is 7.78. The van der Waals surface area contributed by atoms with Gasteiger partial charge >= 0.3 is 12.1 Å². The Balaban J connectivity index is 2.39. The van der Waals surface area contributed by atoms with Crippen LogP contribution in [0.15, 0.2) is 35.3 Å². The van der Waals surface area contributed by atoms with E-state index in [1.54, 1.807) is 0 Å². The highest BCUT2D eigenvalue weighted by molar-refractivity contribution is 5.88. The molecule has 0 aliphatic rings. The van der Waals surface area contributed by atoms with E-state index in [4.69, 9.17) is 5.11 Å². The standard InChI is InChI=1S/C17H14F3N3O3/c1-2-3-13-22-14-12(6-7-21-15(14)24)23(13)11-5-4-9(16(25)26)8-10(11)17(18,19)20/h4-8H,2-3H2,1H3,(H,21,24)(H,25,26). The minimum Gasteiger partial charge on any atom is -0.478 e. The van der Waals surface area contributed by atoms with Gasteiger partial charge in [0.1, 0.15) is 5.82 Å². The predicted octanol–water partition coefficient (Wildman–Crippen LogP) is 3.38. The molecule has 0 saturated carbocycles. The monoisotopic (exact) mass is 365 g/mol. The fourth-order valence-electron chi connectivity index (χ4n) is 2.82. The molecular weight excluding hydrogens is 351 g/mol. The number of alkyl halides is 3. The fourth-order valence-corrected chi connectivity index (χ4v) is 2.82. The van der Waals surface area contributed by atoms with Gasteiger partial charge in [0.05, 0.1) is 22.3 Å². The number of hydrogen-bond acceptors (Lipinski definition) is 3. The zero-order valence-corrected chi connectivity index (χ0v) is 13.6. The lowest BCUT2D eigenvalue weighted by Gasteiger charge is -2.17. The quantitative estimate of drug-likeness (QED) is 0.742. The number of imidazole rings is 1. The molecule has 0 spiro atoms. The first-order chi connectivity index (χ1) is 12.2. The van der Waals surface area contributed by atoms with Crippen LogP contribution >= 0.6 is 0 Å². The van der Waals surface area contributed by atoms with Crippen LogP contribution in [0.3, 0.4) is 0 Å². The summed E-state index contributed by atoms with van der Waals surface area (Å²) < 4.78 is 42.0. The van der Waals surface area contributed by atoms with Gasteiger partial charge in [-0.25, -0.2) is 9.78 Å². The average molecular weight is 365 g/mol. The molecule has 0 fully saturated rings. The van der Waals surface area contributed by atoms with Crippen molar-refractivity contribution < 1.29 is 23.1 Å². The first kappa shape index (κ1) is 17.7. The van der Waals surface area contributed by atoms with Crippen molar-refractivity contribution in [2.45, 2.75) is 25.9 Å². The number of halogens is 3. The number of carboxylic acid groups (broad SMARTS) is 1. The van der Waals surface area contributed by atoms with Gasteiger partial charge in [-0.3, -0.25) is 9.36 Å². The Morgan fingerprint density at radius 3 is 2.65 bits per heavy atom. The van der Waals surface area contributed by atoms with Crippen molar-refractivity contribution in [2.24, 2.45) is 0 Å². The van der Waals surface area contributed by atoms with Gasteiger partial charge in [0, 0.05) is 12.6 Å². The number of aromatic amines is 1. The zero-order valence-electron chi connectivity index (χ0n) is 13.6. The largest absolute Gasteiger partial charge is 0.478 e. The topological polar surface area (TPSA) is 88.0 Å². The Morgan fingerprint density at radius 2 is 2.04 bits per heavy atom. The molecule has 9 heteroatoms. The molecule has 0 radical (unpaired) electrons. The molecule has 3 aromatic rings. The van der Waals surface area contributed by atoms with E-state index in [0.717, 1.165) is 12.1 Å². The highest BCUT2D eigenvalue weighted by Crippen LogP contribution is 2.36. The van der Waals surface area contributed by atoms with Gasteiger partial charge in [0.15, 0.2) is 5.52 Å². The van der Waals surface area contributed by atoms with E-state index in [-0.39, 0.29) is 16.7 Å². The molecule has 3 rings (SSSR count). The number of pyridine rings is 1. The summed E-state index contributed by atoms with van der Waals surface area (Å²) in [5.41, 5.74) is -2.08. The second-order valence-corrected chi connectivity index (χ2v) is 5.69. The van der Waals surface area contributed by atoms with Crippen molar-refractivity contribution >= 4 is 17.0 Å². The van der Waals surface area contributed by atoms with Crippen molar-refractivity contribution in [3.8, 4) is 5.69 Å². The average Bonchev–Trinajstić information content (AvgIpc) is 2.93. The number of aromatic nitrogens is 3. The molecule has 1 aromatic carbocycles. The van der Waals surface area contributed by atoms with E-state index >= 15 is 0 Å². The smallest absolute Gasteiger partial charge is 0.418 e. The van der Waals surface area contributed by atoms with Crippen LogP contribution < -0.4 is 5.56 Å². The maximum atomic E-state index is 13.6. The van der Waals surface area contributed by atoms with E-state index in [0.29, 0.717) is 24.7 Å². The summed E-state index contributed by atoms with van der Waals surface area (Å²) in [6, 6.07) is 4.25. The van der Waals surface area contributed by atoms with Gasteiger partial charge in [0.2, 0.25) is 0 Å². The van der Waals surface area contributed by atoms with Crippen LogP contribution in [-0.4, -0.2) is 25.6 Å². The van der Waals surface area contributed by atoms with Gasteiger partial charge in [-0.05, 0) is 30.7 Å². The molecule has 0 amide bonds. The molecular formula is C17H14F3N3O3. The number of aryl methyl sites for hydroxylation is 1. The Morgan fingerprint density at radius 1 is 1.31 bits per heavy atom. The second-order valence-electron chi connectivity index (χ2n) is 5.69. The summed E-state index contributed by atoms with van der Waals surface area (Å²) in [5.74, 6) is -1.16. The summed E-state index contributed by atoms with van der Waals surface area (Å²) in [6.45, 7) is 1.84.